The van der Waals surface area contributed by atoms with Crippen molar-refractivity contribution in [3.8, 4) is 0 Å². The molecule has 0 amide bonds. The Hall–Kier alpha value is -0.810. The Morgan fingerprint density at radius 2 is 2.18 bits per heavy atom. The van der Waals surface area contributed by atoms with Crippen LogP contribution in [0.2, 0.25) is 0 Å². The lowest BCUT2D eigenvalue weighted by Gasteiger charge is -1.91. The largest absolute Gasteiger partial charge is 0.497 e. The number of hydrogen-bond acceptors (Lipinski definition) is 3. The van der Waals surface area contributed by atoms with Gasteiger partial charge in [0.2, 0.25) is 0 Å². The van der Waals surface area contributed by atoms with Crippen LogP contribution in [0.5, 0.6) is 0 Å². The minimum atomic E-state index is -4.00. The lowest BCUT2D eigenvalue weighted by Crippen LogP contribution is -1.90. The lowest BCUT2D eigenvalue weighted by molar-refractivity contribution is 0.289. The molecule has 0 aromatic carbocycles. The van der Waals surface area contributed by atoms with Crippen molar-refractivity contribution in [2.45, 2.75) is 6.92 Å². The fraction of sp³-hybridized carbons (Fsp3) is 0.333. The van der Waals surface area contributed by atoms with Gasteiger partial charge in [-0.15, -0.1) is 0 Å². The summed E-state index contributed by atoms with van der Waals surface area (Å²) in [6.45, 7) is 1.90. The Kier molecular flexibility index (Phi) is 4.56. The normalized spacial score (nSPS) is 12.9. The van der Waals surface area contributed by atoms with Crippen molar-refractivity contribution < 1.29 is 17.7 Å². The quantitative estimate of drug-likeness (QED) is 0.395. The summed E-state index contributed by atoms with van der Waals surface area (Å²) >= 11 is 0. The SMILES string of the molecule is CC=COCC=CS(=O)(=O)O. The summed E-state index contributed by atoms with van der Waals surface area (Å²) in [6.07, 6.45) is 4.30. The Morgan fingerprint density at radius 3 is 2.64 bits per heavy atom. The van der Waals surface area contributed by atoms with E-state index in [2.05, 4.69) is 0 Å². The molecule has 0 fully saturated rings. The van der Waals surface area contributed by atoms with Gasteiger partial charge < -0.3 is 4.74 Å². The molecule has 5 heteroatoms. The molecule has 0 aliphatic carbocycles. The van der Waals surface area contributed by atoms with Crippen LogP contribution in [0.3, 0.4) is 0 Å². The van der Waals surface area contributed by atoms with Crippen molar-refractivity contribution >= 4 is 10.1 Å². The van der Waals surface area contributed by atoms with Crippen molar-refractivity contribution in [2.24, 2.45) is 0 Å². The molecular weight excluding hydrogens is 168 g/mol. The second-order valence-electron chi connectivity index (χ2n) is 1.69. The van der Waals surface area contributed by atoms with Crippen molar-refractivity contribution in [3.05, 3.63) is 23.8 Å². The highest BCUT2D eigenvalue weighted by Gasteiger charge is 1.92. The van der Waals surface area contributed by atoms with Crippen LogP contribution in [-0.2, 0) is 14.9 Å². The number of allylic oxidation sites excluding steroid dienone is 1. The minimum absolute atomic E-state index is 0.129. The van der Waals surface area contributed by atoms with Gasteiger partial charge in [0.25, 0.3) is 10.1 Å². The maximum Gasteiger partial charge on any atom is 0.287 e. The Balaban J connectivity index is 3.63. The van der Waals surface area contributed by atoms with Crippen LogP contribution in [0.1, 0.15) is 6.92 Å². The fourth-order valence-electron chi connectivity index (χ4n) is 0.368. The van der Waals surface area contributed by atoms with Crippen LogP contribution < -0.4 is 0 Å². The monoisotopic (exact) mass is 178 g/mol. The highest BCUT2D eigenvalue weighted by Crippen LogP contribution is 1.85. The highest BCUT2D eigenvalue weighted by molar-refractivity contribution is 7.88. The Bertz CT molecular complexity index is 237. The molecule has 0 bridgehead atoms. The topological polar surface area (TPSA) is 63.6 Å². The third kappa shape index (κ3) is 9.19. The third-order valence-electron chi connectivity index (χ3n) is 0.693. The van der Waals surface area contributed by atoms with Gasteiger partial charge in [-0.05, 0) is 13.0 Å². The molecule has 0 radical (unpaired) electrons. The molecule has 4 nitrogen and oxygen atoms in total. The molecule has 0 atom stereocenters. The summed E-state index contributed by atoms with van der Waals surface area (Å²) in [5.74, 6) is 0. The van der Waals surface area contributed by atoms with E-state index in [0.29, 0.717) is 5.41 Å². The summed E-state index contributed by atoms with van der Waals surface area (Å²) < 4.78 is 33.0. The van der Waals surface area contributed by atoms with Crippen LogP contribution in [0.25, 0.3) is 0 Å². The van der Waals surface area contributed by atoms with Crippen LogP contribution in [0.4, 0.5) is 0 Å². The van der Waals surface area contributed by atoms with Crippen molar-refractivity contribution in [2.75, 3.05) is 6.61 Å². The van der Waals surface area contributed by atoms with E-state index in [1.807, 2.05) is 0 Å². The zero-order chi connectivity index (χ0) is 8.74. The van der Waals surface area contributed by atoms with Gasteiger partial charge in [-0.3, -0.25) is 4.55 Å². The van der Waals surface area contributed by atoms with Crippen LogP contribution in [-0.4, -0.2) is 19.6 Å². The first kappa shape index (κ1) is 10.2. The molecule has 0 saturated carbocycles. The van der Waals surface area contributed by atoms with E-state index < -0.39 is 10.1 Å². The van der Waals surface area contributed by atoms with Crippen molar-refractivity contribution in [3.63, 3.8) is 0 Å². The summed E-state index contributed by atoms with van der Waals surface area (Å²) in [4.78, 5) is 0. The van der Waals surface area contributed by atoms with E-state index in [1.165, 1.54) is 12.3 Å². The van der Waals surface area contributed by atoms with Crippen LogP contribution in [0.15, 0.2) is 23.8 Å². The van der Waals surface area contributed by atoms with Crippen LogP contribution >= 0.6 is 0 Å². The van der Waals surface area contributed by atoms with Gasteiger partial charge in [-0.2, -0.15) is 8.42 Å². The predicted octanol–water partition coefficient (Wildman–Crippen LogP) is 0.938. The average molecular weight is 178 g/mol. The number of rotatable bonds is 4. The zero-order valence-corrected chi connectivity index (χ0v) is 6.91. The second kappa shape index (κ2) is 4.92. The summed E-state index contributed by atoms with van der Waals surface area (Å²) in [6, 6.07) is 0. The molecule has 0 aromatic heterocycles. The lowest BCUT2D eigenvalue weighted by atomic mass is 10.7. The minimum Gasteiger partial charge on any atom is -0.497 e. The molecule has 0 unspecified atom stereocenters. The van der Waals surface area contributed by atoms with E-state index >= 15 is 0 Å². The highest BCUT2D eigenvalue weighted by atomic mass is 32.2. The molecule has 0 heterocycles. The second-order valence-corrected chi connectivity index (χ2v) is 2.99. The molecular formula is C6H10O4S. The smallest absolute Gasteiger partial charge is 0.287 e. The van der Waals surface area contributed by atoms with Gasteiger partial charge >= 0.3 is 0 Å². The van der Waals surface area contributed by atoms with E-state index in [1.54, 1.807) is 13.0 Å². The summed E-state index contributed by atoms with van der Waals surface area (Å²) in [5.41, 5.74) is 0. The van der Waals surface area contributed by atoms with E-state index in [0.717, 1.165) is 0 Å². The van der Waals surface area contributed by atoms with E-state index in [4.69, 9.17) is 9.29 Å². The molecule has 64 valence electrons. The molecule has 0 aliphatic heterocycles. The van der Waals surface area contributed by atoms with Gasteiger partial charge in [0, 0.05) is 0 Å². The van der Waals surface area contributed by atoms with Gasteiger partial charge in [0.15, 0.2) is 0 Å². The van der Waals surface area contributed by atoms with Crippen LogP contribution in [0, 0.1) is 0 Å². The first-order chi connectivity index (χ1) is 5.06. The molecule has 0 saturated heterocycles. The number of ether oxygens (including phenoxy) is 1. The molecule has 0 spiro atoms. The molecule has 1 N–H and O–H groups in total. The van der Waals surface area contributed by atoms with Gasteiger partial charge in [0.1, 0.15) is 6.61 Å². The first-order valence-electron chi connectivity index (χ1n) is 2.93. The van der Waals surface area contributed by atoms with Crippen molar-refractivity contribution in [1.29, 1.82) is 0 Å². The zero-order valence-electron chi connectivity index (χ0n) is 6.10. The summed E-state index contributed by atoms with van der Waals surface area (Å²) in [5, 5.41) is 0.677. The molecule has 0 rings (SSSR count). The molecule has 0 aliphatic rings. The Labute approximate surface area is 65.9 Å². The maximum atomic E-state index is 10.1. The van der Waals surface area contributed by atoms with Crippen molar-refractivity contribution in [1.82, 2.24) is 0 Å². The maximum absolute atomic E-state index is 10.1. The van der Waals surface area contributed by atoms with Gasteiger partial charge in [-0.25, -0.2) is 0 Å². The molecule has 0 aromatic rings. The Morgan fingerprint density at radius 1 is 1.55 bits per heavy atom. The standard InChI is InChI=1S/C6H10O4S/c1-2-4-10-5-3-6-11(7,8)9/h2-4,6H,5H2,1H3,(H,7,8,9). The number of hydrogen-bond donors (Lipinski definition) is 1. The third-order valence-corrected chi connectivity index (χ3v) is 1.23. The fourth-order valence-corrected chi connectivity index (χ4v) is 0.690. The van der Waals surface area contributed by atoms with Gasteiger partial charge in [0.05, 0.1) is 11.7 Å². The summed E-state index contributed by atoms with van der Waals surface area (Å²) in [7, 11) is -4.00. The van der Waals surface area contributed by atoms with Gasteiger partial charge in [-0.1, -0.05) is 6.08 Å². The first-order valence-corrected chi connectivity index (χ1v) is 4.43. The van der Waals surface area contributed by atoms with E-state index in [-0.39, 0.29) is 6.61 Å². The predicted molar refractivity (Wildman–Crippen MR) is 41.5 cm³/mol. The average Bonchev–Trinajstić information content (AvgIpc) is 1.85. The van der Waals surface area contributed by atoms with E-state index in [9.17, 15) is 8.42 Å². The molecule has 11 heavy (non-hydrogen) atoms.